The molecule has 0 aromatic heterocycles. The van der Waals surface area contributed by atoms with Crippen LogP contribution in [0.15, 0.2) is 22.7 Å². The van der Waals surface area contributed by atoms with E-state index >= 15 is 0 Å². The van der Waals surface area contributed by atoms with Crippen molar-refractivity contribution < 1.29 is 18.0 Å². The van der Waals surface area contributed by atoms with E-state index in [1.165, 1.54) is 0 Å². The molecule has 116 valence electrons. The Morgan fingerprint density at radius 2 is 1.95 bits per heavy atom. The summed E-state index contributed by atoms with van der Waals surface area (Å²) in [4.78, 5) is 12.3. The number of halogens is 4. The van der Waals surface area contributed by atoms with Crippen molar-refractivity contribution in [2.75, 3.05) is 5.32 Å². The average molecular weight is 364 g/mol. The molecule has 0 heterocycles. The molecule has 1 N–H and O–H groups in total. The van der Waals surface area contributed by atoms with Crippen LogP contribution in [0.1, 0.15) is 31.2 Å². The Kier molecular flexibility index (Phi) is 4.96. The molecule has 2 unspecified atom stereocenters. The van der Waals surface area contributed by atoms with Gasteiger partial charge in [0.1, 0.15) is 0 Å². The lowest BCUT2D eigenvalue weighted by molar-refractivity contribution is -0.197. The van der Waals surface area contributed by atoms with Gasteiger partial charge in [-0.1, -0.05) is 25.0 Å². The van der Waals surface area contributed by atoms with E-state index in [1.54, 1.807) is 12.1 Å². The third-order valence-corrected chi connectivity index (χ3v) is 5.03. The highest BCUT2D eigenvalue weighted by Crippen LogP contribution is 2.42. The maximum Gasteiger partial charge on any atom is 0.392 e. The van der Waals surface area contributed by atoms with Crippen molar-refractivity contribution in [3.8, 4) is 0 Å². The second-order valence-corrected chi connectivity index (χ2v) is 6.26. The summed E-state index contributed by atoms with van der Waals surface area (Å²) in [5.74, 6) is -3.07. The van der Waals surface area contributed by atoms with Crippen LogP contribution >= 0.6 is 15.9 Å². The molecular formula is C15H17BrF3NO. The van der Waals surface area contributed by atoms with Gasteiger partial charge in [0.2, 0.25) is 5.91 Å². The number of nitrogens with one attached hydrogen (secondary N) is 1. The summed E-state index contributed by atoms with van der Waals surface area (Å²) >= 11 is 3.35. The third kappa shape index (κ3) is 3.78. The number of alkyl halides is 3. The third-order valence-electron chi connectivity index (χ3n) is 3.97. The minimum atomic E-state index is -4.31. The molecular weight excluding hydrogens is 347 g/mol. The maximum absolute atomic E-state index is 13.0. The monoisotopic (exact) mass is 363 g/mol. The van der Waals surface area contributed by atoms with E-state index in [4.69, 9.17) is 0 Å². The van der Waals surface area contributed by atoms with Crippen LogP contribution in [0.5, 0.6) is 0 Å². The van der Waals surface area contributed by atoms with Gasteiger partial charge in [-0.15, -0.1) is 0 Å². The van der Waals surface area contributed by atoms with Gasteiger partial charge in [-0.05, 0) is 47.3 Å². The molecule has 1 fully saturated rings. The van der Waals surface area contributed by atoms with Crippen LogP contribution in [0.3, 0.4) is 0 Å². The number of aryl methyl sites for hydroxylation is 1. The first kappa shape index (κ1) is 16.3. The van der Waals surface area contributed by atoms with Gasteiger partial charge < -0.3 is 5.32 Å². The van der Waals surface area contributed by atoms with Crippen LogP contribution < -0.4 is 5.32 Å². The molecule has 2 atom stereocenters. The van der Waals surface area contributed by atoms with Crippen molar-refractivity contribution >= 4 is 27.5 Å². The lowest BCUT2D eigenvalue weighted by Gasteiger charge is -2.32. The van der Waals surface area contributed by atoms with Crippen LogP contribution in [0.2, 0.25) is 0 Å². The van der Waals surface area contributed by atoms with Crippen molar-refractivity contribution in [2.24, 2.45) is 11.8 Å². The normalized spacial score (nSPS) is 22.9. The summed E-state index contributed by atoms with van der Waals surface area (Å²) < 4.78 is 39.8. The molecule has 21 heavy (non-hydrogen) atoms. The van der Waals surface area contributed by atoms with E-state index in [9.17, 15) is 18.0 Å². The van der Waals surface area contributed by atoms with Gasteiger partial charge in [0.25, 0.3) is 0 Å². The molecule has 2 nitrogen and oxygen atoms in total. The Hall–Kier alpha value is -1.04. The topological polar surface area (TPSA) is 29.1 Å². The standard InChI is InChI=1S/C15H17BrF3NO/c1-9-5-4-8-12(13(9)16)20-14(21)10-6-2-3-7-11(10)15(17,18)19/h4-5,8,10-11H,2-3,6-7H2,1H3,(H,20,21). The molecule has 1 aromatic rings. The number of carbonyl (C=O) groups excluding carboxylic acids is 1. The van der Waals surface area contributed by atoms with Crippen molar-refractivity contribution in [3.63, 3.8) is 0 Å². The number of amides is 1. The highest BCUT2D eigenvalue weighted by atomic mass is 79.9. The fourth-order valence-electron chi connectivity index (χ4n) is 2.81. The van der Waals surface area contributed by atoms with Gasteiger partial charge >= 0.3 is 6.18 Å². The highest BCUT2D eigenvalue weighted by molar-refractivity contribution is 9.10. The minimum absolute atomic E-state index is 0.0383. The van der Waals surface area contributed by atoms with E-state index in [-0.39, 0.29) is 6.42 Å². The largest absolute Gasteiger partial charge is 0.392 e. The fraction of sp³-hybridized carbons (Fsp3) is 0.533. The number of anilines is 1. The van der Waals surface area contributed by atoms with E-state index in [1.807, 2.05) is 13.0 Å². The summed E-state index contributed by atoms with van der Waals surface area (Å²) in [7, 11) is 0. The molecule has 0 radical (unpaired) electrons. The average Bonchev–Trinajstić information content (AvgIpc) is 2.43. The van der Waals surface area contributed by atoms with Gasteiger partial charge in [0.05, 0.1) is 11.6 Å². The first-order valence-corrected chi connectivity index (χ1v) is 7.72. The zero-order valence-electron chi connectivity index (χ0n) is 11.6. The van der Waals surface area contributed by atoms with Crippen LogP contribution in [0, 0.1) is 18.8 Å². The second-order valence-electron chi connectivity index (χ2n) is 5.46. The number of hydrogen-bond donors (Lipinski definition) is 1. The van der Waals surface area contributed by atoms with Crippen LogP contribution in [0.4, 0.5) is 18.9 Å². The van der Waals surface area contributed by atoms with Gasteiger partial charge in [-0.2, -0.15) is 13.2 Å². The van der Waals surface area contributed by atoms with E-state index in [0.717, 1.165) is 5.56 Å². The highest BCUT2D eigenvalue weighted by Gasteiger charge is 2.48. The summed E-state index contributed by atoms with van der Waals surface area (Å²) in [6, 6.07) is 5.30. The predicted molar refractivity (Wildman–Crippen MR) is 79.0 cm³/mol. The van der Waals surface area contributed by atoms with Crippen LogP contribution in [-0.2, 0) is 4.79 Å². The van der Waals surface area contributed by atoms with Gasteiger partial charge in [-0.3, -0.25) is 4.79 Å². The molecule has 1 aliphatic carbocycles. The molecule has 0 saturated heterocycles. The van der Waals surface area contributed by atoms with Crippen LogP contribution in [0.25, 0.3) is 0 Å². The molecule has 0 spiro atoms. The molecule has 6 heteroatoms. The van der Waals surface area contributed by atoms with E-state index in [0.29, 0.717) is 29.4 Å². The number of hydrogen-bond acceptors (Lipinski definition) is 1. The maximum atomic E-state index is 13.0. The molecule has 1 saturated carbocycles. The number of carbonyl (C=O) groups is 1. The zero-order chi connectivity index (χ0) is 15.6. The Bertz CT molecular complexity index is 530. The number of benzene rings is 1. The second kappa shape index (κ2) is 6.38. The SMILES string of the molecule is Cc1cccc(NC(=O)C2CCCCC2C(F)(F)F)c1Br. The van der Waals surface area contributed by atoms with Crippen molar-refractivity contribution in [2.45, 2.75) is 38.8 Å². The smallest absolute Gasteiger partial charge is 0.325 e. The lowest BCUT2D eigenvalue weighted by Crippen LogP contribution is -2.39. The minimum Gasteiger partial charge on any atom is -0.325 e. The lowest BCUT2D eigenvalue weighted by atomic mass is 9.78. The first-order valence-electron chi connectivity index (χ1n) is 6.93. The molecule has 1 aromatic carbocycles. The summed E-state index contributed by atoms with van der Waals surface area (Å²) in [6.07, 6.45) is -2.79. The molecule has 0 aliphatic heterocycles. The first-order chi connectivity index (χ1) is 9.80. The predicted octanol–water partition coefficient (Wildman–Crippen LogP) is 5.06. The Morgan fingerprint density at radius 1 is 1.29 bits per heavy atom. The Balaban J connectivity index is 2.16. The van der Waals surface area contributed by atoms with Crippen LogP contribution in [-0.4, -0.2) is 12.1 Å². The van der Waals surface area contributed by atoms with Crippen molar-refractivity contribution in [3.05, 3.63) is 28.2 Å². The Labute approximate surface area is 130 Å². The zero-order valence-corrected chi connectivity index (χ0v) is 13.2. The van der Waals surface area contributed by atoms with Gasteiger partial charge in [0.15, 0.2) is 0 Å². The van der Waals surface area contributed by atoms with E-state index < -0.39 is 23.9 Å². The molecule has 0 bridgehead atoms. The van der Waals surface area contributed by atoms with Gasteiger partial charge in [0, 0.05) is 10.4 Å². The summed E-state index contributed by atoms with van der Waals surface area (Å²) in [5, 5.41) is 2.64. The van der Waals surface area contributed by atoms with Crippen molar-refractivity contribution in [1.82, 2.24) is 0 Å². The quantitative estimate of drug-likeness (QED) is 0.781. The molecule has 1 aliphatic rings. The number of rotatable bonds is 2. The molecule has 1 amide bonds. The van der Waals surface area contributed by atoms with Gasteiger partial charge in [-0.25, -0.2) is 0 Å². The Morgan fingerprint density at radius 3 is 2.62 bits per heavy atom. The summed E-state index contributed by atoms with van der Waals surface area (Å²) in [5.41, 5.74) is 1.44. The molecule has 2 rings (SSSR count). The van der Waals surface area contributed by atoms with Crippen molar-refractivity contribution in [1.29, 1.82) is 0 Å². The van der Waals surface area contributed by atoms with E-state index in [2.05, 4.69) is 21.2 Å². The fourth-order valence-corrected chi connectivity index (χ4v) is 3.17. The summed E-state index contributed by atoms with van der Waals surface area (Å²) in [6.45, 7) is 1.86.